The van der Waals surface area contributed by atoms with Crippen LogP contribution < -0.4 is 4.74 Å². The van der Waals surface area contributed by atoms with Gasteiger partial charge >= 0.3 is 0 Å². The van der Waals surface area contributed by atoms with Crippen LogP contribution in [0.15, 0.2) is 24.5 Å². The molecule has 16 heavy (non-hydrogen) atoms. The molecule has 82 valence electrons. The molecule has 0 atom stereocenters. The van der Waals surface area contributed by atoms with Gasteiger partial charge in [0.05, 0.1) is 7.11 Å². The van der Waals surface area contributed by atoms with Crippen LogP contribution in [-0.2, 0) is 0 Å². The highest BCUT2D eigenvalue weighted by molar-refractivity contribution is 5.57. The van der Waals surface area contributed by atoms with Crippen LogP contribution >= 0.6 is 0 Å². The molecule has 2 aromatic rings. The maximum Gasteiger partial charge on any atom is 0.262 e. The number of nitrogens with zero attached hydrogens (tertiary/aromatic N) is 3. The highest BCUT2D eigenvalue weighted by Crippen LogP contribution is 2.33. The summed E-state index contributed by atoms with van der Waals surface area (Å²) in [5.74, 6) is -0.736. The Labute approximate surface area is 91.2 Å². The van der Waals surface area contributed by atoms with Gasteiger partial charge in [0.2, 0.25) is 5.75 Å². The lowest BCUT2D eigenvalue weighted by Gasteiger charge is -2.06. The van der Waals surface area contributed by atoms with Crippen molar-refractivity contribution in [1.29, 1.82) is 0 Å². The summed E-state index contributed by atoms with van der Waals surface area (Å²) in [6.07, 6.45) is 3.13. The van der Waals surface area contributed by atoms with Crippen LogP contribution in [0.2, 0.25) is 0 Å². The summed E-state index contributed by atoms with van der Waals surface area (Å²) in [5.41, 5.74) is 0.642. The lowest BCUT2D eigenvalue weighted by Crippen LogP contribution is -1.94. The number of ether oxygens (including phenoxy) is 1. The lowest BCUT2D eigenvalue weighted by atomic mass is 10.2. The Bertz CT molecular complexity index is 479. The summed E-state index contributed by atoms with van der Waals surface area (Å²) in [6, 6.07) is 3.33. The quantitative estimate of drug-likeness (QED) is 0.782. The van der Waals surface area contributed by atoms with Crippen molar-refractivity contribution in [1.82, 2.24) is 15.0 Å². The van der Waals surface area contributed by atoms with Gasteiger partial charge in [-0.05, 0) is 12.1 Å². The lowest BCUT2D eigenvalue weighted by molar-refractivity contribution is 0.328. The Hall–Kier alpha value is -2.37. The van der Waals surface area contributed by atoms with E-state index in [4.69, 9.17) is 4.74 Å². The fourth-order valence-corrected chi connectivity index (χ4v) is 1.24. The Morgan fingerprint density at radius 3 is 2.12 bits per heavy atom. The summed E-state index contributed by atoms with van der Waals surface area (Å²) in [7, 11) is 1.31. The van der Waals surface area contributed by atoms with E-state index in [1.807, 2.05) is 0 Å². The van der Waals surface area contributed by atoms with Crippen LogP contribution in [0.3, 0.4) is 0 Å². The van der Waals surface area contributed by atoms with Crippen LogP contribution in [0.5, 0.6) is 17.5 Å². The summed E-state index contributed by atoms with van der Waals surface area (Å²) in [6.45, 7) is 0. The van der Waals surface area contributed by atoms with E-state index in [-0.39, 0.29) is 11.6 Å². The zero-order chi connectivity index (χ0) is 11.5. The monoisotopic (exact) mass is 219 g/mol. The minimum absolute atomic E-state index is 0.141. The highest BCUT2D eigenvalue weighted by atomic mass is 16.5. The SMILES string of the molecule is COc1c(O)nc(-c2ccncc2)nc1O. The Morgan fingerprint density at radius 1 is 1.06 bits per heavy atom. The minimum atomic E-state index is -0.401. The van der Waals surface area contributed by atoms with Crippen molar-refractivity contribution in [2.75, 3.05) is 7.11 Å². The van der Waals surface area contributed by atoms with E-state index < -0.39 is 11.8 Å². The van der Waals surface area contributed by atoms with Crippen LogP contribution in [-0.4, -0.2) is 32.3 Å². The third-order valence-electron chi connectivity index (χ3n) is 1.97. The molecule has 0 aliphatic carbocycles. The van der Waals surface area contributed by atoms with Crippen molar-refractivity contribution in [2.24, 2.45) is 0 Å². The fraction of sp³-hybridized carbons (Fsp3) is 0.100. The molecule has 0 radical (unpaired) electrons. The van der Waals surface area contributed by atoms with Crippen LogP contribution in [0, 0.1) is 0 Å². The summed E-state index contributed by atoms with van der Waals surface area (Å²) in [4.78, 5) is 11.5. The third kappa shape index (κ3) is 1.72. The zero-order valence-corrected chi connectivity index (χ0v) is 8.45. The third-order valence-corrected chi connectivity index (χ3v) is 1.97. The number of rotatable bonds is 2. The number of aromatic nitrogens is 3. The van der Waals surface area contributed by atoms with E-state index in [1.165, 1.54) is 7.11 Å². The number of pyridine rings is 1. The molecule has 0 fully saturated rings. The zero-order valence-electron chi connectivity index (χ0n) is 8.45. The first-order valence-electron chi connectivity index (χ1n) is 4.46. The van der Waals surface area contributed by atoms with Gasteiger partial charge in [-0.3, -0.25) is 4.98 Å². The van der Waals surface area contributed by atoms with Gasteiger partial charge in [0.1, 0.15) is 0 Å². The molecule has 0 amide bonds. The standard InChI is InChI=1S/C10H9N3O3/c1-16-7-9(14)12-8(13-10(7)15)6-2-4-11-5-3-6/h2-5H,1H3,(H2,12,13,14,15). The topological polar surface area (TPSA) is 88.4 Å². The van der Waals surface area contributed by atoms with Gasteiger partial charge in [0.25, 0.3) is 11.8 Å². The Kier molecular flexibility index (Phi) is 2.55. The Morgan fingerprint density at radius 2 is 1.62 bits per heavy atom. The van der Waals surface area contributed by atoms with Crippen molar-refractivity contribution in [2.45, 2.75) is 0 Å². The fourth-order valence-electron chi connectivity index (χ4n) is 1.24. The van der Waals surface area contributed by atoms with Crippen molar-refractivity contribution in [3.63, 3.8) is 0 Å². The predicted molar refractivity (Wildman–Crippen MR) is 55.1 cm³/mol. The van der Waals surface area contributed by atoms with Crippen molar-refractivity contribution >= 4 is 0 Å². The number of methoxy groups -OCH3 is 1. The van der Waals surface area contributed by atoms with Gasteiger partial charge in [-0.1, -0.05) is 0 Å². The minimum Gasteiger partial charge on any atom is -0.490 e. The van der Waals surface area contributed by atoms with Crippen molar-refractivity contribution in [3.8, 4) is 28.9 Å². The maximum absolute atomic E-state index is 9.48. The van der Waals surface area contributed by atoms with Crippen LogP contribution in [0.1, 0.15) is 0 Å². The molecule has 0 saturated carbocycles. The van der Waals surface area contributed by atoms with Crippen molar-refractivity contribution in [3.05, 3.63) is 24.5 Å². The van der Waals surface area contributed by atoms with E-state index >= 15 is 0 Å². The molecule has 2 aromatic heterocycles. The first-order chi connectivity index (χ1) is 7.72. The molecule has 0 unspecified atom stereocenters. The van der Waals surface area contributed by atoms with E-state index in [0.717, 1.165) is 0 Å². The van der Waals surface area contributed by atoms with Gasteiger partial charge in [0.15, 0.2) is 5.82 Å². The van der Waals surface area contributed by atoms with Crippen molar-refractivity contribution < 1.29 is 14.9 Å². The average molecular weight is 219 g/mol. The molecule has 6 nitrogen and oxygen atoms in total. The molecule has 0 spiro atoms. The number of aromatic hydroxyl groups is 2. The summed E-state index contributed by atoms with van der Waals surface area (Å²) < 4.78 is 4.73. The molecular formula is C10H9N3O3. The van der Waals surface area contributed by atoms with E-state index in [2.05, 4.69) is 15.0 Å². The number of hydrogen-bond donors (Lipinski definition) is 2. The molecule has 2 rings (SSSR count). The molecule has 2 N–H and O–H groups in total. The van der Waals surface area contributed by atoms with E-state index in [9.17, 15) is 10.2 Å². The number of hydrogen-bond acceptors (Lipinski definition) is 6. The molecule has 0 aromatic carbocycles. The largest absolute Gasteiger partial charge is 0.490 e. The maximum atomic E-state index is 9.48. The predicted octanol–water partition coefficient (Wildman–Crippen LogP) is 0.958. The van der Waals surface area contributed by atoms with Crippen LogP contribution in [0.4, 0.5) is 0 Å². The average Bonchev–Trinajstić information content (AvgIpc) is 2.30. The normalized spacial score (nSPS) is 10.1. The smallest absolute Gasteiger partial charge is 0.262 e. The molecule has 0 saturated heterocycles. The summed E-state index contributed by atoms with van der Waals surface area (Å²) in [5, 5.41) is 19.0. The Balaban J connectivity index is 2.53. The molecule has 0 bridgehead atoms. The second kappa shape index (κ2) is 4.01. The van der Waals surface area contributed by atoms with E-state index in [0.29, 0.717) is 5.56 Å². The molecule has 0 aliphatic rings. The van der Waals surface area contributed by atoms with Gasteiger partial charge in [-0.15, -0.1) is 0 Å². The van der Waals surface area contributed by atoms with E-state index in [1.54, 1.807) is 24.5 Å². The summed E-state index contributed by atoms with van der Waals surface area (Å²) >= 11 is 0. The van der Waals surface area contributed by atoms with Gasteiger partial charge in [-0.25, -0.2) is 0 Å². The first kappa shape index (κ1) is 10.2. The molecule has 0 aliphatic heterocycles. The van der Waals surface area contributed by atoms with Crippen LogP contribution in [0.25, 0.3) is 11.4 Å². The molecule has 6 heteroatoms. The van der Waals surface area contributed by atoms with Gasteiger partial charge in [0, 0.05) is 18.0 Å². The van der Waals surface area contributed by atoms with Gasteiger partial charge in [-0.2, -0.15) is 9.97 Å². The molecule has 2 heterocycles. The molecular weight excluding hydrogens is 210 g/mol. The highest BCUT2D eigenvalue weighted by Gasteiger charge is 2.14. The second-order valence-corrected chi connectivity index (χ2v) is 2.96. The second-order valence-electron chi connectivity index (χ2n) is 2.96. The first-order valence-corrected chi connectivity index (χ1v) is 4.46. The van der Waals surface area contributed by atoms with Gasteiger partial charge < -0.3 is 14.9 Å².